The van der Waals surface area contributed by atoms with E-state index in [1.807, 2.05) is 24.3 Å². The van der Waals surface area contributed by atoms with E-state index < -0.39 is 0 Å². The number of carbonyl (C=O) groups excluding carboxylic acids is 1. The van der Waals surface area contributed by atoms with Crippen LogP contribution in [0.15, 0.2) is 36.9 Å². The summed E-state index contributed by atoms with van der Waals surface area (Å²) in [6, 6.07) is 7.76. The molecule has 0 aliphatic carbocycles. The van der Waals surface area contributed by atoms with E-state index in [1.54, 1.807) is 0 Å². The molecule has 1 amide bonds. The van der Waals surface area contributed by atoms with Crippen molar-refractivity contribution in [2.75, 3.05) is 5.32 Å². The Labute approximate surface area is 74.7 Å². The summed E-state index contributed by atoms with van der Waals surface area (Å²) in [4.78, 5) is 10.9. The van der Waals surface area contributed by atoms with E-state index >= 15 is 0 Å². The van der Waals surface area contributed by atoms with Gasteiger partial charge in [0.2, 0.25) is 5.91 Å². The minimum Gasteiger partial charge on any atom is -0.323 e. The third kappa shape index (κ3) is 2.07. The lowest BCUT2D eigenvalue weighted by atomic mass is 10.3. The molecule has 0 unspecified atom stereocenters. The summed E-state index contributed by atoms with van der Waals surface area (Å²) in [6.07, 6.45) is 1.27. The highest BCUT2D eigenvalue weighted by atomic mass is 28.1. The molecule has 1 aromatic rings. The number of hydrogen-bond donors (Lipinski definition) is 1. The van der Waals surface area contributed by atoms with Crippen LogP contribution in [0, 0.1) is 0 Å². The average molecular weight is 177 g/mol. The van der Waals surface area contributed by atoms with Crippen molar-refractivity contribution in [3.63, 3.8) is 0 Å². The summed E-state index contributed by atoms with van der Waals surface area (Å²) in [5, 5.41) is 3.93. The Bertz CT molecular complexity index is 309. The largest absolute Gasteiger partial charge is 0.323 e. The van der Waals surface area contributed by atoms with E-state index in [1.165, 1.54) is 11.3 Å². The van der Waals surface area contributed by atoms with E-state index in [4.69, 9.17) is 0 Å². The average Bonchev–Trinajstić information content (AvgIpc) is 2.09. The van der Waals surface area contributed by atoms with Gasteiger partial charge in [-0.1, -0.05) is 24.8 Å². The van der Waals surface area contributed by atoms with Gasteiger partial charge in [-0.15, -0.1) is 0 Å². The second-order valence-corrected chi connectivity index (χ2v) is 3.59. The molecule has 0 aliphatic rings. The first-order chi connectivity index (χ1) is 5.74. The van der Waals surface area contributed by atoms with Crippen LogP contribution in [-0.4, -0.2) is 16.1 Å². The van der Waals surface area contributed by atoms with Gasteiger partial charge in [0, 0.05) is 15.9 Å². The number of rotatable bonds is 2. The molecule has 1 N–H and O–H groups in total. The fourth-order valence-electron chi connectivity index (χ4n) is 0.897. The fourth-order valence-corrected chi connectivity index (χ4v) is 1.38. The number of carbonyl (C=O) groups is 1. The maximum absolute atomic E-state index is 10.9. The summed E-state index contributed by atoms with van der Waals surface area (Å²) in [7, 11) is 0.934. The molecule has 62 valence electrons. The monoisotopic (exact) mass is 177 g/mol. The smallest absolute Gasteiger partial charge is 0.247 e. The zero-order chi connectivity index (χ0) is 8.97. The number of nitrogens with one attached hydrogen (secondary N) is 1. The first-order valence-electron chi connectivity index (χ1n) is 3.73. The molecule has 3 heteroatoms. The zero-order valence-electron chi connectivity index (χ0n) is 7.00. The maximum atomic E-state index is 10.9. The van der Waals surface area contributed by atoms with Gasteiger partial charge in [-0.2, -0.15) is 0 Å². The van der Waals surface area contributed by atoms with E-state index in [9.17, 15) is 4.79 Å². The topological polar surface area (TPSA) is 29.1 Å². The van der Waals surface area contributed by atoms with E-state index in [-0.39, 0.29) is 5.91 Å². The molecule has 0 heterocycles. The Morgan fingerprint density at radius 2 is 2.17 bits per heavy atom. The van der Waals surface area contributed by atoms with Crippen LogP contribution < -0.4 is 10.5 Å². The number of para-hydroxylation sites is 1. The Morgan fingerprint density at radius 3 is 2.75 bits per heavy atom. The van der Waals surface area contributed by atoms with Crippen molar-refractivity contribution in [1.29, 1.82) is 0 Å². The SMILES string of the molecule is C=CC(=O)Nc1ccccc1[SiH3]. The third-order valence-corrected chi connectivity index (χ3v) is 2.46. The van der Waals surface area contributed by atoms with Gasteiger partial charge < -0.3 is 5.32 Å². The van der Waals surface area contributed by atoms with Crippen LogP contribution in [0.5, 0.6) is 0 Å². The molecule has 1 rings (SSSR count). The second kappa shape index (κ2) is 3.87. The summed E-state index contributed by atoms with van der Waals surface area (Å²) in [6.45, 7) is 3.39. The standard InChI is InChI=1S/C9H11NOSi/c1-2-9(11)10-7-5-3-4-6-8(7)12/h2-6H,1H2,12H3,(H,10,11). The summed E-state index contributed by atoms with van der Waals surface area (Å²) in [5.41, 5.74) is 0.897. The van der Waals surface area contributed by atoms with Gasteiger partial charge in [0.15, 0.2) is 0 Å². The van der Waals surface area contributed by atoms with Gasteiger partial charge in [-0.3, -0.25) is 4.79 Å². The Kier molecular flexibility index (Phi) is 2.82. The van der Waals surface area contributed by atoms with Crippen LogP contribution in [0.3, 0.4) is 0 Å². The number of anilines is 1. The van der Waals surface area contributed by atoms with Gasteiger partial charge in [0.1, 0.15) is 0 Å². The molecule has 0 radical (unpaired) electrons. The molecule has 1 aromatic carbocycles. The minimum atomic E-state index is -0.154. The van der Waals surface area contributed by atoms with Crippen LogP contribution in [0.1, 0.15) is 0 Å². The van der Waals surface area contributed by atoms with E-state index in [2.05, 4.69) is 11.9 Å². The normalized spacial score (nSPS) is 9.33. The van der Waals surface area contributed by atoms with Gasteiger partial charge in [-0.25, -0.2) is 0 Å². The Hall–Kier alpha value is -1.35. The quantitative estimate of drug-likeness (QED) is 0.492. The lowest BCUT2D eigenvalue weighted by Crippen LogP contribution is -2.16. The highest BCUT2D eigenvalue weighted by molar-refractivity contribution is 6.36. The third-order valence-electron chi connectivity index (χ3n) is 1.59. The first-order valence-corrected chi connectivity index (χ1v) is 4.73. The molecule has 0 atom stereocenters. The van der Waals surface area contributed by atoms with E-state index in [0.29, 0.717) is 0 Å². The molecule has 0 spiro atoms. The zero-order valence-corrected chi connectivity index (χ0v) is 9.00. The van der Waals surface area contributed by atoms with Crippen molar-refractivity contribution in [1.82, 2.24) is 0 Å². The van der Waals surface area contributed by atoms with Crippen molar-refractivity contribution in [2.45, 2.75) is 0 Å². The number of hydrogen-bond acceptors (Lipinski definition) is 1. The molecular weight excluding hydrogens is 166 g/mol. The summed E-state index contributed by atoms with van der Waals surface area (Å²) < 4.78 is 0. The highest BCUT2D eigenvalue weighted by Gasteiger charge is 1.97. The predicted molar refractivity (Wildman–Crippen MR) is 54.8 cm³/mol. The molecule has 0 fully saturated rings. The Balaban J connectivity index is 2.82. The minimum absolute atomic E-state index is 0.154. The summed E-state index contributed by atoms with van der Waals surface area (Å²) >= 11 is 0. The van der Waals surface area contributed by atoms with Gasteiger partial charge in [-0.05, 0) is 17.3 Å². The summed E-state index contributed by atoms with van der Waals surface area (Å²) in [5.74, 6) is -0.154. The molecule has 0 bridgehead atoms. The number of amides is 1. The predicted octanol–water partition coefficient (Wildman–Crippen LogP) is -0.198. The number of benzene rings is 1. The molecule has 2 nitrogen and oxygen atoms in total. The first kappa shape index (κ1) is 8.74. The van der Waals surface area contributed by atoms with Gasteiger partial charge in [0.05, 0.1) is 0 Å². The lowest BCUT2D eigenvalue weighted by Gasteiger charge is -2.04. The maximum Gasteiger partial charge on any atom is 0.247 e. The van der Waals surface area contributed by atoms with Crippen molar-refractivity contribution in [2.24, 2.45) is 0 Å². The molecule has 0 aromatic heterocycles. The van der Waals surface area contributed by atoms with Crippen LogP contribution in [0.4, 0.5) is 5.69 Å². The van der Waals surface area contributed by atoms with E-state index in [0.717, 1.165) is 15.9 Å². The van der Waals surface area contributed by atoms with Gasteiger partial charge >= 0.3 is 0 Å². The lowest BCUT2D eigenvalue weighted by molar-refractivity contribution is -0.111. The molecular formula is C9H11NOSi. The Morgan fingerprint density at radius 1 is 1.50 bits per heavy atom. The fraction of sp³-hybridized carbons (Fsp3) is 0. The molecule has 0 saturated heterocycles. The van der Waals surface area contributed by atoms with Gasteiger partial charge in [0.25, 0.3) is 0 Å². The van der Waals surface area contributed by atoms with Crippen molar-refractivity contribution in [3.05, 3.63) is 36.9 Å². The molecule has 0 aliphatic heterocycles. The van der Waals surface area contributed by atoms with Crippen LogP contribution >= 0.6 is 0 Å². The van der Waals surface area contributed by atoms with Crippen LogP contribution in [0.2, 0.25) is 0 Å². The van der Waals surface area contributed by atoms with Crippen molar-refractivity contribution >= 4 is 27.0 Å². The second-order valence-electron chi connectivity index (χ2n) is 2.51. The molecule has 0 saturated carbocycles. The van der Waals surface area contributed by atoms with Crippen LogP contribution in [-0.2, 0) is 4.79 Å². The highest BCUT2D eigenvalue weighted by Crippen LogP contribution is 2.00. The van der Waals surface area contributed by atoms with Crippen molar-refractivity contribution in [3.8, 4) is 0 Å². The van der Waals surface area contributed by atoms with Crippen molar-refractivity contribution < 1.29 is 4.79 Å². The van der Waals surface area contributed by atoms with Crippen LogP contribution in [0.25, 0.3) is 0 Å². The molecule has 12 heavy (non-hydrogen) atoms.